The fourth-order valence-electron chi connectivity index (χ4n) is 1.06. The van der Waals surface area contributed by atoms with Gasteiger partial charge in [-0.3, -0.25) is 4.79 Å². The summed E-state index contributed by atoms with van der Waals surface area (Å²) >= 11 is 3.93. The molecule has 0 fully saturated rings. The van der Waals surface area contributed by atoms with Crippen LogP contribution in [0.15, 0.2) is 24.3 Å². The summed E-state index contributed by atoms with van der Waals surface area (Å²) in [5, 5.41) is 0. The van der Waals surface area contributed by atoms with Crippen LogP contribution in [-0.2, 0) is 4.79 Å². The Morgan fingerprint density at radius 3 is 2.43 bits per heavy atom. The average molecular weight is 211 g/mol. The van der Waals surface area contributed by atoms with Gasteiger partial charge in [0, 0.05) is 12.7 Å². The van der Waals surface area contributed by atoms with Crippen molar-refractivity contribution in [2.24, 2.45) is 0 Å². The summed E-state index contributed by atoms with van der Waals surface area (Å²) in [7, 11) is 3.33. The molecule has 0 aromatic heterocycles. The zero-order valence-corrected chi connectivity index (χ0v) is 9.12. The number of methoxy groups -OCH3 is 1. The normalized spacial score (nSPS) is 9.64. The second-order valence-electron chi connectivity index (χ2n) is 2.81. The van der Waals surface area contributed by atoms with Crippen LogP contribution in [0.3, 0.4) is 0 Å². The zero-order chi connectivity index (χ0) is 10.6. The summed E-state index contributed by atoms with van der Waals surface area (Å²) in [6.07, 6.45) is 0. The lowest BCUT2D eigenvalue weighted by molar-refractivity contribution is -0.115. The Hall–Kier alpha value is -1.16. The van der Waals surface area contributed by atoms with E-state index in [1.165, 1.54) is 0 Å². The van der Waals surface area contributed by atoms with E-state index in [-0.39, 0.29) is 11.7 Å². The molecular formula is C10H13NO2S. The number of thiol groups is 1. The lowest BCUT2D eigenvalue weighted by atomic mass is 10.3. The van der Waals surface area contributed by atoms with Crippen molar-refractivity contribution >= 4 is 24.2 Å². The summed E-state index contributed by atoms with van der Waals surface area (Å²) in [6, 6.07) is 7.30. The van der Waals surface area contributed by atoms with Gasteiger partial charge < -0.3 is 9.64 Å². The van der Waals surface area contributed by atoms with Gasteiger partial charge >= 0.3 is 0 Å². The first-order valence-electron chi connectivity index (χ1n) is 4.20. The molecule has 1 rings (SSSR count). The first-order chi connectivity index (χ1) is 6.69. The van der Waals surface area contributed by atoms with Gasteiger partial charge in [0.1, 0.15) is 5.75 Å². The largest absolute Gasteiger partial charge is 0.497 e. The Balaban J connectivity index is 2.81. The molecule has 1 aromatic rings. The Labute approximate surface area is 89.1 Å². The Kier molecular flexibility index (Phi) is 3.83. The monoisotopic (exact) mass is 211 g/mol. The van der Waals surface area contributed by atoms with E-state index in [0.29, 0.717) is 0 Å². The SMILES string of the molecule is COc1ccc(N(C)C(=O)CS)cc1. The van der Waals surface area contributed by atoms with Crippen LogP contribution in [-0.4, -0.2) is 25.8 Å². The highest BCUT2D eigenvalue weighted by atomic mass is 32.1. The average Bonchev–Trinajstić information content (AvgIpc) is 2.27. The summed E-state index contributed by atoms with van der Waals surface area (Å²) in [5.41, 5.74) is 0.838. The molecule has 76 valence electrons. The number of hydrogen-bond acceptors (Lipinski definition) is 3. The lowest BCUT2D eigenvalue weighted by Crippen LogP contribution is -2.27. The van der Waals surface area contributed by atoms with Gasteiger partial charge in [0.15, 0.2) is 0 Å². The van der Waals surface area contributed by atoms with Crippen LogP contribution in [0.4, 0.5) is 5.69 Å². The molecular weight excluding hydrogens is 198 g/mol. The molecule has 0 saturated heterocycles. The highest BCUT2D eigenvalue weighted by Crippen LogP contribution is 2.18. The van der Waals surface area contributed by atoms with Crippen molar-refractivity contribution in [1.82, 2.24) is 0 Å². The number of ether oxygens (including phenoxy) is 1. The third-order valence-electron chi connectivity index (χ3n) is 1.97. The minimum absolute atomic E-state index is 0.0292. The van der Waals surface area contributed by atoms with Crippen LogP contribution >= 0.6 is 12.6 Å². The molecule has 0 N–H and O–H groups in total. The second-order valence-corrected chi connectivity index (χ2v) is 3.13. The number of carbonyl (C=O) groups is 1. The highest BCUT2D eigenvalue weighted by molar-refractivity contribution is 7.81. The molecule has 0 aliphatic heterocycles. The molecule has 0 aliphatic rings. The molecule has 0 bridgehead atoms. The number of amides is 1. The predicted octanol–water partition coefficient (Wildman–Crippen LogP) is 1.59. The fourth-order valence-corrected chi connectivity index (χ4v) is 1.27. The van der Waals surface area contributed by atoms with Gasteiger partial charge in [-0.25, -0.2) is 0 Å². The highest BCUT2D eigenvalue weighted by Gasteiger charge is 2.07. The standard InChI is InChI=1S/C10H13NO2S/c1-11(10(12)7-14)8-3-5-9(13-2)6-4-8/h3-6,14H,7H2,1-2H3. The van der Waals surface area contributed by atoms with E-state index < -0.39 is 0 Å². The molecule has 0 heterocycles. The molecule has 4 heteroatoms. The first-order valence-corrected chi connectivity index (χ1v) is 4.83. The molecule has 0 spiro atoms. The van der Waals surface area contributed by atoms with Gasteiger partial charge in [-0.2, -0.15) is 12.6 Å². The van der Waals surface area contributed by atoms with Crippen LogP contribution in [0.1, 0.15) is 0 Å². The van der Waals surface area contributed by atoms with E-state index in [1.54, 1.807) is 19.1 Å². The van der Waals surface area contributed by atoms with Crippen LogP contribution in [0.5, 0.6) is 5.75 Å². The van der Waals surface area contributed by atoms with Crippen molar-refractivity contribution in [3.63, 3.8) is 0 Å². The van der Waals surface area contributed by atoms with Crippen molar-refractivity contribution < 1.29 is 9.53 Å². The second kappa shape index (κ2) is 4.91. The Morgan fingerprint density at radius 2 is 2.00 bits per heavy atom. The quantitative estimate of drug-likeness (QED) is 0.769. The molecule has 0 aliphatic carbocycles. The maximum absolute atomic E-state index is 11.3. The van der Waals surface area contributed by atoms with Crippen LogP contribution < -0.4 is 9.64 Å². The first kappa shape index (κ1) is 10.9. The summed E-state index contributed by atoms with van der Waals surface area (Å²) in [6.45, 7) is 0. The lowest BCUT2D eigenvalue weighted by Gasteiger charge is -2.16. The minimum atomic E-state index is -0.0292. The van der Waals surface area contributed by atoms with Crippen molar-refractivity contribution in [2.75, 3.05) is 24.8 Å². The van der Waals surface area contributed by atoms with E-state index in [4.69, 9.17) is 4.74 Å². The van der Waals surface area contributed by atoms with Gasteiger partial charge in [-0.1, -0.05) is 0 Å². The summed E-state index contributed by atoms with van der Waals surface area (Å²) in [5.74, 6) is 0.960. The molecule has 3 nitrogen and oxygen atoms in total. The molecule has 1 aromatic carbocycles. The maximum atomic E-state index is 11.3. The van der Waals surface area contributed by atoms with Crippen LogP contribution in [0.2, 0.25) is 0 Å². The predicted molar refractivity (Wildman–Crippen MR) is 60.3 cm³/mol. The van der Waals surface area contributed by atoms with Gasteiger partial charge in [0.05, 0.1) is 12.9 Å². The molecule has 0 unspecified atom stereocenters. The number of rotatable bonds is 3. The van der Waals surface area contributed by atoms with E-state index >= 15 is 0 Å². The third kappa shape index (κ3) is 2.42. The number of hydrogen-bond donors (Lipinski definition) is 1. The maximum Gasteiger partial charge on any atom is 0.236 e. The smallest absolute Gasteiger partial charge is 0.236 e. The molecule has 14 heavy (non-hydrogen) atoms. The van der Waals surface area contributed by atoms with E-state index in [9.17, 15) is 4.79 Å². The van der Waals surface area contributed by atoms with E-state index in [2.05, 4.69) is 12.6 Å². The third-order valence-corrected chi connectivity index (χ3v) is 2.24. The Bertz CT molecular complexity index is 310. The number of carbonyl (C=O) groups excluding carboxylic acids is 1. The zero-order valence-electron chi connectivity index (χ0n) is 8.23. The van der Waals surface area contributed by atoms with Gasteiger partial charge in [-0.15, -0.1) is 0 Å². The molecule has 0 saturated carbocycles. The van der Waals surface area contributed by atoms with Crippen LogP contribution in [0, 0.1) is 0 Å². The number of anilines is 1. The van der Waals surface area contributed by atoms with E-state index in [1.807, 2.05) is 24.3 Å². The number of nitrogens with zero attached hydrogens (tertiary/aromatic N) is 1. The number of benzene rings is 1. The van der Waals surface area contributed by atoms with E-state index in [0.717, 1.165) is 11.4 Å². The fraction of sp³-hybridized carbons (Fsp3) is 0.300. The molecule has 0 radical (unpaired) electrons. The van der Waals surface area contributed by atoms with Crippen LogP contribution in [0.25, 0.3) is 0 Å². The minimum Gasteiger partial charge on any atom is -0.497 e. The molecule has 1 amide bonds. The van der Waals surface area contributed by atoms with Crippen molar-refractivity contribution in [3.05, 3.63) is 24.3 Å². The van der Waals surface area contributed by atoms with Gasteiger partial charge in [-0.05, 0) is 24.3 Å². The van der Waals surface area contributed by atoms with Gasteiger partial charge in [0.25, 0.3) is 0 Å². The summed E-state index contributed by atoms with van der Waals surface area (Å²) in [4.78, 5) is 12.8. The summed E-state index contributed by atoms with van der Waals surface area (Å²) < 4.78 is 5.02. The molecule has 0 atom stereocenters. The topological polar surface area (TPSA) is 29.5 Å². The van der Waals surface area contributed by atoms with Crippen molar-refractivity contribution in [2.45, 2.75) is 0 Å². The van der Waals surface area contributed by atoms with Gasteiger partial charge in [0.2, 0.25) is 5.91 Å². The van der Waals surface area contributed by atoms with Crippen molar-refractivity contribution in [1.29, 1.82) is 0 Å². The van der Waals surface area contributed by atoms with Crippen molar-refractivity contribution in [3.8, 4) is 5.75 Å². The Morgan fingerprint density at radius 1 is 1.43 bits per heavy atom.